The Morgan fingerprint density at radius 2 is 1.78 bits per heavy atom. The molecule has 2 heterocycles. The summed E-state index contributed by atoms with van der Waals surface area (Å²) >= 11 is 11.7. The Bertz CT molecular complexity index is 673. The van der Waals surface area contributed by atoms with E-state index in [1.165, 1.54) is 6.26 Å². The molecule has 0 aliphatic rings. The van der Waals surface area contributed by atoms with E-state index >= 15 is 0 Å². The van der Waals surface area contributed by atoms with Crippen LogP contribution >= 0.6 is 23.2 Å². The Labute approximate surface area is 112 Å². The summed E-state index contributed by atoms with van der Waals surface area (Å²) in [6, 6.07) is 8.74. The van der Waals surface area contributed by atoms with Gasteiger partial charge in [0.2, 0.25) is 11.6 Å². The maximum atomic E-state index is 5.91. The highest BCUT2D eigenvalue weighted by Gasteiger charge is 2.16. The van der Waals surface area contributed by atoms with Gasteiger partial charge in [-0.3, -0.25) is 0 Å². The lowest BCUT2D eigenvalue weighted by molar-refractivity contribution is 0.417. The van der Waals surface area contributed by atoms with Crippen LogP contribution in [0.15, 0.2) is 45.5 Å². The third-order valence-corrected chi connectivity index (χ3v) is 2.89. The van der Waals surface area contributed by atoms with Gasteiger partial charge in [0.05, 0.1) is 11.3 Å². The number of furan rings is 1. The van der Waals surface area contributed by atoms with Crippen LogP contribution in [-0.4, -0.2) is 10.1 Å². The van der Waals surface area contributed by atoms with Gasteiger partial charge in [-0.1, -0.05) is 28.4 Å². The first-order valence-corrected chi connectivity index (χ1v) is 5.82. The molecule has 0 saturated carbocycles. The summed E-state index contributed by atoms with van der Waals surface area (Å²) in [6.07, 6.45) is 1.46. The second-order valence-corrected chi connectivity index (χ2v) is 4.37. The average Bonchev–Trinajstić information content (AvgIpc) is 2.98. The molecule has 0 saturated heterocycles. The predicted molar refractivity (Wildman–Crippen MR) is 67.5 cm³/mol. The van der Waals surface area contributed by atoms with Crippen LogP contribution in [0.3, 0.4) is 0 Å². The predicted octanol–water partition coefficient (Wildman–Crippen LogP) is 4.30. The van der Waals surface area contributed by atoms with E-state index in [1.54, 1.807) is 30.3 Å². The van der Waals surface area contributed by atoms with Gasteiger partial charge in [0.1, 0.15) is 0 Å². The summed E-state index contributed by atoms with van der Waals surface area (Å²) < 4.78 is 10.3. The molecule has 0 amide bonds. The van der Waals surface area contributed by atoms with Crippen molar-refractivity contribution in [1.29, 1.82) is 0 Å². The molecule has 2 aromatic heterocycles. The lowest BCUT2D eigenvalue weighted by Gasteiger charge is -1.93. The van der Waals surface area contributed by atoms with Gasteiger partial charge in [0, 0.05) is 10.6 Å². The van der Waals surface area contributed by atoms with Gasteiger partial charge < -0.3 is 8.94 Å². The first-order valence-electron chi connectivity index (χ1n) is 5.07. The fourth-order valence-corrected chi connectivity index (χ4v) is 1.78. The van der Waals surface area contributed by atoms with Crippen molar-refractivity contribution < 1.29 is 8.94 Å². The van der Waals surface area contributed by atoms with Crippen molar-refractivity contribution in [3.8, 4) is 23.0 Å². The van der Waals surface area contributed by atoms with Gasteiger partial charge in [0.25, 0.3) is 5.89 Å². The minimum atomic E-state index is 0.245. The molecule has 0 radical (unpaired) electrons. The SMILES string of the molecule is Clc1ccc(-c2noc(-c3occc3Cl)n2)cc1. The van der Waals surface area contributed by atoms with Crippen LogP contribution in [0.5, 0.6) is 0 Å². The van der Waals surface area contributed by atoms with Crippen molar-refractivity contribution in [2.45, 2.75) is 0 Å². The fourth-order valence-electron chi connectivity index (χ4n) is 1.48. The minimum Gasteiger partial charge on any atom is -0.458 e. The quantitative estimate of drug-likeness (QED) is 0.702. The first kappa shape index (κ1) is 11.3. The zero-order chi connectivity index (χ0) is 12.5. The Morgan fingerprint density at radius 3 is 2.44 bits per heavy atom. The van der Waals surface area contributed by atoms with E-state index in [0.717, 1.165) is 5.56 Å². The Hall–Kier alpha value is -1.78. The van der Waals surface area contributed by atoms with Crippen molar-refractivity contribution in [2.75, 3.05) is 0 Å². The Morgan fingerprint density at radius 1 is 1.00 bits per heavy atom. The van der Waals surface area contributed by atoms with Crippen molar-refractivity contribution in [3.63, 3.8) is 0 Å². The summed E-state index contributed by atoms with van der Waals surface area (Å²) in [5, 5.41) is 4.95. The number of hydrogen-bond acceptors (Lipinski definition) is 4. The molecule has 6 heteroatoms. The standard InChI is InChI=1S/C12H6Cl2N2O2/c13-8-3-1-7(2-4-8)11-15-12(18-16-11)10-9(14)5-6-17-10/h1-6H. The van der Waals surface area contributed by atoms with Crippen molar-refractivity contribution in [3.05, 3.63) is 46.6 Å². The van der Waals surface area contributed by atoms with Gasteiger partial charge in [-0.2, -0.15) is 4.98 Å². The smallest absolute Gasteiger partial charge is 0.295 e. The van der Waals surface area contributed by atoms with Gasteiger partial charge in [-0.05, 0) is 30.3 Å². The molecular formula is C12H6Cl2N2O2. The van der Waals surface area contributed by atoms with Crippen LogP contribution < -0.4 is 0 Å². The van der Waals surface area contributed by atoms with E-state index in [1.807, 2.05) is 0 Å². The third-order valence-electron chi connectivity index (χ3n) is 2.34. The lowest BCUT2D eigenvalue weighted by atomic mass is 10.2. The summed E-state index contributed by atoms with van der Waals surface area (Å²) in [7, 11) is 0. The number of nitrogens with zero attached hydrogens (tertiary/aromatic N) is 2. The highest BCUT2D eigenvalue weighted by Crippen LogP contribution is 2.29. The molecule has 0 atom stereocenters. The fraction of sp³-hybridized carbons (Fsp3) is 0. The molecular weight excluding hydrogens is 275 g/mol. The summed E-state index contributed by atoms with van der Waals surface area (Å²) in [6.45, 7) is 0. The highest BCUT2D eigenvalue weighted by atomic mass is 35.5. The lowest BCUT2D eigenvalue weighted by Crippen LogP contribution is -1.80. The number of benzene rings is 1. The normalized spacial score (nSPS) is 10.8. The Kier molecular flexibility index (Phi) is 2.81. The van der Waals surface area contributed by atoms with Crippen molar-refractivity contribution in [2.24, 2.45) is 0 Å². The van der Waals surface area contributed by atoms with Gasteiger partial charge in [0.15, 0.2) is 0 Å². The molecule has 90 valence electrons. The largest absolute Gasteiger partial charge is 0.458 e. The molecule has 0 N–H and O–H groups in total. The van der Waals surface area contributed by atoms with Crippen LogP contribution in [0.2, 0.25) is 10.0 Å². The second-order valence-electron chi connectivity index (χ2n) is 3.53. The third kappa shape index (κ3) is 2.00. The van der Waals surface area contributed by atoms with Crippen molar-refractivity contribution >= 4 is 23.2 Å². The molecule has 0 spiro atoms. The summed E-state index contributed by atoms with van der Waals surface area (Å²) in [5.74, 6) is 1.06. The van der Waals surface area contributed by atoms with E-state index in [2.05, 4.69) is 10.1 Å². The molecule has 3 rings (SSSR count). The average molecular weight is 281 g/mol. The van der Waals surface area contributed by atoms with Gasteiger partial charge >= 0.3 is 0 Å². The second kappa shape index (κ2) is 4.48. The maximum Gasteiger partial charge on any atom is 0.295 e. The van der Waals surface area contributed by atoms with Crippen LogP contribution in [0.1, 0.15) is 0 Å². The topological polar surface area (TPSA) is 52.1 Å². The number of halogens is 2. The van der Waals surface area contributed by atoms with E-state index in [0.29, 0.717) is 21.6 Å². The van der Waals surface area contributed by atoms with Crippen molar-refractivity contribution in [1.82, 2.24) is 10.1 Å². The van der Waals surface area contributed by atoms with Gasteiger partial charge in [-0.15, -0.1) is 0 Å². The molecule has 0 unspecified atom stereocenters. The van der Waals surface area contributed by atoms with Crippen LogP contribution in [0.4, 0.5) is 0 Å². The molecule has 3 aromatic rings. The first-order chi connectivity index (χ1) is 8.74. The van der Waals surface area contributed by atoms with E-state index in [4.69, 9.17) is 32.1 Å². The zero-order valence-corrected chi connectivity index (χ0v) is 10.4. The molecule has 18 heavy (non-hydrogen) atoms. The zero-order valence-electron chi connectivity index (χ0n) is 8.93. The van der Waals surface area contributed by atoms with Crippen LogP contribution in [-0.2, 0) is 0 Å². The number of hydrogen-bond donors (Lipinski definition) is 0. The van der Waals surface area contributed by atoms with E-state index < -0.39 is 0 Å². The van der Waals surface area contributed by atoms with E-state index in [9.17, 15) is 0 Å². The van der Waals surface area contributed by atoms with Crippen LogP contribution in [0, 0.1) is 0 Å². The summed E-state index contributed by atoms with van der Waals surface area (Å²) in [4.78, 5) is 4.21. The molecule has 0 fully saturated rings. The Balaban J connectivity index is 1.99. The molecule has 0 aliphatic heterocycles. The molecule has 0 bridgehead atoms. The molecule has 1 aromatic carbocycles. The number of rotatable bonds is 2. The molecule has 4 nitrogen and oxygen atoms in total. The number of aromatic nitrogens is 2. The molecule has 0 aliphatic carbocycles. The highest BCUT2D eigenvalue weighted by molar-refractivity contribution is 6.32. The van der Waals surface area contributed by atoms with Gasteiger partial charge in [-0.25, -0.2) is 0 Å². The maximum absolute atomic E-state index is 5.91. The van der Waals surface area contributed by atoms with Crippen LogP contribution in [0.25, 0.3) is 23.0 Å². The monoisotopic (exact) mass is 280 g/mol. The van der Waals surface area contributed by atoms with E-state index in [-0.39, 0.29) is 5.89 Å². The minimum absolute atomic E-state index is 0.245. The summed E-state index contributed by atoms with van der Waals surface area (Å²) in [5.41, 5.74) is 0.803.